The third-order valence-electron chi connectivity index (χ3n) is 6.22. The molecular weight excluding hydrogens is 507 g/mol. The number of nitrogens with one attached hydrogen (secondary N) is 2. The number of rotatable bonds is 7. The summed E-state index contributed by atoms with van der Waals surface area (Å²) in [5.41, 5.74) is 0.381. The van der Waals surface area contributed by atoms with Gasteiger partial charge >= 0.3 is 0 Å². The molecule has 2 aliphatic rings. The molecule has 0 radical (unpaired) electrons. The van der Waals surface area contributed by atoms with Crippen molar-refractivity contribution in [2.24, 2.45) is 0 Å². The number of aromatic nitrogens is 1. The van der Waals surface area contributed by atoms with Crippen LogP contribution >= 0.6 is 22.9 Å². The average molecular weight is 535 g/mol. The maximum atomic E-state index is 14.8. The quantitative estimate of drug-likeness (QED) is 0.396. The van der Waals surface area contributed by atoms with Crippen molar-refractivity contribution in [3.63, 3.8) is 0 Å². The molecular formula is C21H28ClFN4O5S2. The van der Waals surface area contributed by atoms with Crippen LogP contribution in [0.25, 0.3) is 0 Å². The van der Waals surface area contributed by atoms with Crippen LogP contribution in [-0.4, -0.2) is 66.3 Å². The second kappa shape index (κ2) is 11.6. The molecule has 1 aromatic heterocycles. The molecule has 34 heavy (non-hydrogen) atoms. The van der Waals surface area contributed by atoms with Crippen LogP contribution in [0, 0.1) is 5.82 Å². The van der Waals surface area contributed by atoms with Crippen LogP contribution in [0.3, 0.4) is 0 Å². The number of hydrogen-bond donors (Lipinski definition) is 4. The van der Waals surface area contributed by atoms with Crippen LogP contribution in [0.4, 0.5) is 15.2 Å². The molecule has 4 N–H and O–H groups in total. The van der Waals surface area contributed by atoms with E-state index in [0.29, 0.717) is 11.7 Å². The van der Waals surface area contributed by atoms with E-state index >= 15 is 0 Å². The van der Waals surface area contributed by atoms with Crippen LogP contribution in [-0.2, 0) is 14.8 Å². The first-order valence-electron chi connectivity index (χ1n) is 10.8. The van der Waals surface area contributed by atoms with E-state index in [-0.39, 0.29) is 34.8 Å². The molecule has 2 atom stereocenters. The van der Waals surface area contributed by atoms with Gasteiger partial charge in [-0.15, -0.1) is 11.3 Å². The lowest BCUT2D eigenvalue weighted by Crippen LogP contribution is -2.55. The van der Waals surface area contributed by atoms with E-state index in [2.05, 4.69) is 27.0 Å². The van der Waals surface area contributed by atoms with Crippen LogP contribution in [0.15, 0.2) is 28.6 Å². The van der Waals surface area contributed by atoms with Crippen molar-refractivity contribution in [3.05, 3.63) is 34.5 Å². The van der Waals surface area contributed by atoms with Gasteiger partial charge in [-0.25, -0.2) is 17.8 Å². The molecule has 2 saturated carbocycles. The smallest absolute Gasteiger partial charge is 0.290 e. The number of thiazole rings is 1. The summed E-state index contributed by atoms with van der Waals surface area (Å²) in [4.78, 5) is 14.0. The minimum absolute atomic E-state index is 0.0595. The Balaban J connectivity index is 0.00000103. The highest BCUT2D eigenvalue weighted by atomic mass is 35.5. The number of benzene rings is 1. The minimum Gasteiger partial charge on any atom is -0.483 e. The van der Waals surface area contributed by atoms with E-state index in [9.17, 15) is 17.9 Å². The lowest BCUT2D eigenvalue weighted by molar-refractivity contribution is -0.122. The molecule has 4 rings (SSSR count). The number of sulfonamides is 1. The van der Waals surface area contributed by atoms with Gasteiger partial charge in [0.05, 0.1) is 16.8 Å². The first-order chi connectivity index (χ1) is 16.2. The first-order valence-corrected chi connectivity index (χ1v) is 13.6. The molecule has 9 nitrogen and oxygen atoms in total. The Bertz CT molecular complexity index is 1070. The van der Waals surface area contributed by atoms with Crippen molar-refractivity contribution in [1.29, 1.82) is 0 Å². The highest BCUT2D eigenvalue weighted by Crippen LogP contribution is 2.35. The zero-order chi connectivity index (χ0) is 24.9. The molecule has 13 heteroatoms. The maximum Gasteiger partial charge on any atom is 0.290 e. The SMILES string of the molecule is CN([C@H]1C[C@@H](O)C1)[C@H]1CCCC[C@@H]1Nc1cc(F)c(S(=O)(=O)Nc2nccs2)cc1Cl.O=CO. The molecule has 0 bridgehead atoms. The summed E-state index contributed by atoms with van der Waals surface area (Å²) >= 11 is 7.48. The summed E-state index contributed by atoms with van der Waals surface area (Å²) in [7, 11) is -2.07. The zero-order valence-corrected chi connectivity index (χ0v) is 20.9. The molecule has 2 aromatic rings. The number of aliphatic hydroxyl groups is 1. The van der Waals surface area contributed by atoms with Crippen LogP contribution in [0.5, 0.6) is 0 Å². The number of halogens is 2. The summed E-state index contributed by atoms with van der Waals surface area (Å²) in [6.07, 6.45) is 6.86. The van der Waals surface area contributed by atoms with Gasteiger partial charge in [0, 0.05) is 29.7 Å². The van der Waals surface area contributed by atoms with Gasteiger partial charge in [0.15, 0.2) is 5.13 Å². The van der Waals surface area contributed by atoms with Gasteiger partial charge in [0.25, 0.3) is 16.5 Å². The highest BCUT2D eigenvalue weighted by Gasteiger charge is 2.37. The largest absolute Gasteiger partial charge is 0.483 e. The maximum absolute atomic E-state index is 14.8. The zero-order valence-electron chi connectivity index (χ0n) is 18.5. The third kappa shape index (κ3) is 6.36. The van der Waals surface area contributed by atoms with Gasteiger partial charge < -0.3 is 15.5 Å². The fourth-order valence-corrected chi connectivity index (χ4v) is 6.58. The Kier molecular flexibility index (Phi) is 9.10. The Hall–Kier alpha value is -1.99. The fourth-order valence-electron chi connectivity index (χ4n) is 4.42. The van der Waals surface area contributed by atoms with Gasteiger partial charge in [-0.2, -0.15) is 0 Å². The van der Waals surface area contributed by atoms with E-state index in [4.69, 9.17) is 21.5 Å². The number of aliphatic hydroxyl groups excluding tert-OH is 1. The summed E-state index contributed by atoms with van der Waals surface area (Å²) in [5, 5.41) is 21.8. The second-order valence-electron chi connectivity index (χ2n) is 8.36. The summed E-state index contributed by atoms with van der Waals surface area (Å²) in [6, 6.07) is 2.93. The monoisotopic (exact) mass is 534 g/mol. The van der Waals surface area contributed by atoms with E-state index in [1.807, 2.05) is 0 Å². The van der Waals surface area contributed by atoms with E-state index in [0.717, 1.165) is 62.0 Å². The van der Waals surface area contributed by atoms with Gasteiger partial charge in [0.2, 0.25) is 0 Å². The fraction of sp³-hybridized carbons (Fsp3) is 0.524. The van der Waals surface area contributed by atoms with Crippen molar-refractivity contribution in [1.82, 2.24) is 9.88 Å². The van der Waals surface area contributed by atoms with Crippen LogP contribution in [0.1, 0.15) is 38.5 Å². The summed E-state index contributed by atoms with van der Waals surface area (Å²) in [6.45, 7) is -0.250. The number of carbonyl (C=O) groups is 1. The molecule has 2 fully saturated rings. The molecule has 188 valence electrons. The van der Waals surface area contributed by atoms with Gasteiger partial charge in [0.1, 0.15) is 10.7 Å². The topological polar surface area (TPSA) is 132 Å². The molecule has 1 aromatic carbocycles. The molecule has 2 aliphatic carbocycles. The third-order valence-corrected chi connectivity index (χ3v) is 8.71. The van der Waals surface area contributed by atoms with E-state index < -0.39 is 20.7 Å². The standard InChI is InChI=1S/C20H26ClFN4O3S2.CH2O2/c1-26(12-8-13(27)9-12)18-5-3-2-4-16(18)24-17-11-15(22)19(10-14(17)21)31(28,29)25-20-23-6-7-30-20;2-1-3/h6-7,10-13,16,18,24,27H,2-5,8-9H2,1H3,(H,23,25);1H,(H,2,3)/t12-,13+,16-,18-;/m0./s1. The highest BCUT2D eigenvalue weighted by molar-refractivity contribution is 7.93. The first kappa shape index (κ1) is 26.6. The molecule has 0 saturated heterocycles. The van der Waals surface area contributed by atoms with E-state index in [1.54, 1.807) is 5.38 Å². The Morgan fingerprint density at radius 1 is 1.29 bits per heavy atom. The van der Waals surface area contributed by atoms with Crippen molar-refractivity contribution < 1.29 is 27.8 Å². The van der Waals surface area contributed by atoms with Gasteiger partial charge in [-0.1, -0.05) is 24.4 Å². The van der Waals surface area contributed by atoms with Crippen molar-refractivity contribution >= 4 is 50.3 Å². The molecule has 0 amide bonds. The normalized spacial score (nSPS) is 24.5. The van der Waals surface area contributed by atoms with E-state index in [1.165, 1.54) is 6.20 Å². The lowest BCUT2D eigenvalue weighted by Gasteiger charge is -2.47. The Morgan fingerprint density at radius 2 is 1.97 bits per heavy atom. The molecule has 0 spiro atoms. The summed E-state index contributed by atoms with van der Waals surface area (Å²) < 4.78 is 42.2. The predicted octanol–water partition coefficient (Wildman–Crippen LogP) is 3.62. The number of nitrogens with zero attached hydrogens (tertiary/aromatic N) is 2. The Morgan fingerprint density at radius 3 is 2.59 bits per heavy atom. The Labute approximate surface area is 207 Å². The van der Waals surface area contributed by atoms with Crippen LogP contribution < -0.4 is 10.0 Å². The van der Waals surface area contributed by atoms with Gasteiger partial charge in [-0.05, 0) is 44.9 Å². The number of carboxylic acid groups (broad SMARTS) is 1. The summed E-state index contributed by atoms with van der Waals surface area (Å²) in [5.74, 6) is -0.876. The van der Waals surface area contributed by atoms with Gasteiger partial charge in [-0.3, -0.25) is 14.4 Å². The molecule has 0 aliphatic heterocycles. The lowest BCUT2D eigenvalue weighted by atomic mass is 9.83. The minimum atomic E-state index is -4.14. The van der Waals surface area contributed by atoms with Crippen molar-refractivity contribution in [2.75, 3.05) is 17.1 Å². The average Bonchev–Trinajstić information content (AvgIpc) is 3.26. The second-order valence-corrected chi connectivity index (χ2v) is 11.3. The van der Waals surface area contributed by atoms with Crippen molar-refractivity contribution in [2.45, 2.75) is 67.6 Å². The number of hydrogen-bond acceptors (Lipinski definition) is 8. The number of anilines is 2. The molecule has 0 unspecified atom stereocenters. The molecule has 1 heterocycles. The predicted molar refractivity (Wildman–Crippen MR) is 129 cm³/mol. The van der Waals surface area contributed by atoms with Crippen LogP contribution in [0.2, 0.25) is 5.02 Å². The van der Waals surface area contributed by atoms with Crippen molar-refractivity contribution in [3.8, 4) is 0 Å². The number of likely N-dealkylation sites (N-methyl/N-ethyl adjacent to an activating group) is 1.